The van der Waals surface area contributed by atoms with Gasteiger partial charge in [-0.2, -0.15) is 0 Å². The Morgan fingerprint density at radius 3 is 2.17 bits per heavy atom. The summed E-state index contributed by atoms with van der Waals surface area (Å²) in [5.74, 6) is 0. The number of rotatable bonds is 5. The Bertz CT molecular complexity index is 464. The highest BCUT2D eigenvalue weighted by atomic mass is 127. The zero-order valence-electron chi connectivity index (χ0n) is 10.6. The van der Waals surface area contributed by atoms with E-state index in [1.807, 2.05) is 0 Å². The van der Waals surface area contributed by atoms with E-state index in [1.54, 1.807) is 0 Å². The predicted octanol–water partition coefficient (Wildman–Crippen LogP) is 4.38. The fourth-order valence-corrected chi connectivity index (χ4v) is 2.38. The number of benzene rings is 2. The first-order valence-corrected chi connectivity index (χ1v) is 7.43. The van der Waals surface area contributed by atoms with Crippen LogP contribution in [-0.4, -0.2) is 6.54 Å². The van der Waals surface area contributed by atoms with Crippen molar-refractivity contribution in [2.45, 2.75) is 19.4 Å². The molecule has 0 aromatic heterocycles. The van der Waals surface area contributed by atoms with Gasteiger partial charge in [0.2, 0.25) is 0 Å². The van der Waals surface area contributed by atoms with Crippen LogP contribution in [0.5, 0.6) is 0 Å². The highest BCUT2D eigenvalue weighted by Crippen LogP contribution is 2.22. The summed E-state index contributed by atoms with van der Waals surface area (Å²) in [6.45, 7) is 3.23. The molecule has 0 amide bonds. The van der Waals surface area contributed by atoms with E-state index in [1.165, 1.54) is 14.7 Å². The van der Waals surface area contributed by atoms with Crippen LogP contribution in [0.1, 0.15) is 30.5 Å². The molecule has 2 heteroatoms. The fourth-order valence-electron chi connectivity index (χ4n) is 2.02. The van der Waals surface area contributed by atoms with Gasteiger partial charge in [0.1, 0.15) is 0 Å². The Kier molecular flexibility index (Phi) is 5.20. The van der Waals surface area contributed by atoms with Gasteiger partial charge in [-0.3, -0.25) is 0 Å². The van der Waals surface area contributed by atoms with E-state index in [0.717, 1.165) is 13.0 Å². The summed E-state index contributed by atoms with van der Waals surface area (Å²) < 4.78 is 1.28. The van der Waals surface area contributed by atoms with Crippen LogP contribution in [-0.2, 0) is 0 Å². The molecule has 0 spiro atoms. The Balaban J connectivity index is 2.27. The molecule has 0 heterocycles. The minimum Gasteiger partial charge on any atom is -0.306 e. The van der Waals surface area contributed by atoms with Gasteiger partial charge in [0, 0.05) is 3.57 Å². The topological polar surface area (TPSA) is 12.0 Å². The average molecular weight is 351 g/mol. The average Bonchev–Trinajstić information content (AvgIpc) is 2.42. The summed E-state index contributed by atoms with van der Waals surface area (Å²) in [4.78, 5) is 0. The maximum atomic E-state index is 3.62. The SMILES string of the molecule is CCCNC(c1ccccc1)c1ccc(I)cc1. The molecule has 0 saturated carbocycles. The van der Waals surface area contributed by atoms with Gasteiger partial charge in [0.15, 0.2) is 0 Å². The third kappa shape index (κ3) is 3.56. The highest BCUT2D eigenvalue weighted by molar-refractivity contribution is 14.1. The molecule has 94 valence electrons. The van der Waals surface area contributed by atoms with Crippen LogP contribution >= 0.6 is 22.6 Å². The first kappa shape index (κ1) is 13.6. The van der Waals surface area contributed by atoms with Crippen molar-refractivity contribution in [3.63, 3.8) is 0 Å². The lowest BCUT2D eigenvalue weighted by molar-refractivity contribution is 0.598. The van der Waals surface area contributed by atoms with Crippen molar-refractivity contribution >= 4 is 22.6 Å². The van der Waals surface area contributed by atoms with E-state index in [0.29, 0.717) is 6.04 Å². The Morgan fingerprint density at radius 2 is 1.56 bits per heavy atom. The van der Waals surface area contributed by atoms with Gasteiger partial charge in [0.25, 0.3) is 0 Å². The van der Waals surface area contributed by atoms with Gasteiger partial charge < -0.3 is 5.32 Å². The zero-order chi connectivity index (χ0) is 12.8. The summed E-state index contributed by atoms with van der Waals surface area (Å²) in [6.07, 6.45) is 1.15. The lowest BCUT2D eigenvalue weighted by Crippen LogP contribution is -2.23. The fraction of sp³-hybridized carbons (Fsp3) is 0.250. The van der Waals surface area contributed by atoms with E-state index >= 15 is 0 Å². The van der Waals surface area contributed by atoms with E-state index in [4.69, 9.17) is 0 Å². The second kappa shape index (κ2) is 6.90. The molecule has 1 N–H and O–H groups in total. The predicted molar refractivity (Wildman–Crippen MR) is 85.7 cm³/mol. The Hall–Kier alpha value is -0.870. The zero-order valence-corrected chi connectivity index (χ0v) is 12.7. The Morgan fingerprint density at radius 1 is 0.944 bits per heavy atom. The van der Waals surface area contributed by atoms with Gasteiger partial charge >= 0.3 is 0 Å². The molecule has 18 heavy (non-hydrogen) atoms. The first-order valence-electron chi connectivity index (χ1n) is 6.35. The number of nitrogens with one attached hydrogen (secondary N) is 1. The minimum atomic E-state index is 0.295. The van der Waals surface area contributed by atoms with Gasteiger partial charge in [-0.15, -0.1) is 0 Å². The van der Waals surface area contributed by atoms with E-state index in [-0.39, 0.29) is 0 Å². The second-order valence-corrected chi connectivity index (χ2v) is 5.60. The quantitative estimate of drug-likeness (QED) is 0.789. The van der Waals surface area contributed by atoms with Gasteiger partial charge in [-0.1, -0.05) is 49.4 Å². The second-order valence-electron chi connectivity index (χ2n) is 4.35. The van der Waals surface area contributed by atoms with Crippen LogP contribution in [0.25, 0.3) is 0 Å². The molecular weight excluding hydrogens is 333 g/mol. The van der Waals surface area contributed by atoms with Crippen LogP contribution in [0.4, 0.5) is 0 Å². The van der Waals surface area contributed by atoms with Crippen molar-refractivity contribution in [2.75, 3.05) is 6.54 Å². The first-order chi connectivity index (χ1) is 8.81. The molecule has 1 atom stereocenters. The smallest absolute Gasteiger partial charge is 0.0576 e. The summed E-state index contributed by atoms with van der Waals surface area (Å²) in [5, 5.41) is 3.62. The summed E-state index contributed by atoms with van der Waals surface area (Å²) in [6, 6.07) is 19.7. The maximum Gasteiger partial charge on any atom is 0.0576 e. The molecule has 0 aliphatic rings. The standard InChI is InChI=1S/C16H18IN/c1-2-12-18-16(13-6-4-3-5-7-13)14-8-10-15(17)11-9-14/h3-11,16,18H,2,12H2,1H3. The third-order valence-corrected chi connectivity index (χ3v) is 3.65. The molecule has 2 rings (SSSR count). The van der Waals surface area contributed by atoms with Crippen molar-refractivity contribution in [1.82, 2.24) is 5.32 Å². The monoisotopic (exact) mass is 351 g/mol. The van der Waals surface area contributed by atoms with Crippen LogP contribution in [0, 0.1) is 3.57 Å². The minimum absolute atomic E-state index is 0.295. The van der Waals surface area contributed by atoms with E-state index < -0.39 is 0 Å². The molecular formula is C16H18IN. The largest absolute Gasteiger partial charge is 0.306 e. The molecule has 0 aliphatic heterocycles. The molecule has 0 saturated heterocycles. The number of hydrogen-bond donors (Lipinski definition) is 1. The molecule has 2 aromatic carbocycles. The van der Waals surface area contributed by atoms with E-state index in [9.17, 15) is 0 Å². The van der Waals surface area contributed by atoms with Crippen molar-refractivity contribution < 1.29 is 0 Å². The lowest BCUT2D eigenvalue weighted by atomic mass is 9.99. The van der Waals surface area contributed by atoms with E-state index in [2.05, 4.69) is 89.4 Å². The summed E-state index contributed by atoms with van der Waals surface area (Å²) in [5.41, 5.74) is 2.65. The molecule has 1 nitrogen and oxygen atoms in total. The third-order valence-electron chi connectivity index (χ3n) is 2.93. The Labute approximate surface area is 123 Å². The molecule has 0 radical (unpaired) electrons. The molecule has 0 fully saturated rings. The van der Waals surface area contributed by atoms with Crippen molar-refractivity contribution in [3.05, 3.63) is 69.3 Å². The van der Waals surface area contributed by atoms with Gasteiger partial charge in [-0.05, 0) is 58.8 Å². The summed E-state index contributed by atoms with van der Waals surface area (Å²) in [7, 11) is 0. The molecule has 0 aliphatic carbocycles. The van der Waals surface area contributed by atoms with Gasteiger partial charge in [0.05, 0.1) is 6.04 Å². The van der Waals surface area contributed by atoms with Crippen molar-refractivity contribution in [1.29, 1.82) is 0 Å². The van der Waals surface area contributed by atoms with Gasteiger partial charge in [-0.25, -0.2) is 0 Å². The highest BCUT2D eigenvalue weighted by Gasteiger charge is 2.12. The molecule has 1 unspecified atom stereocenters. The molecule has 2 aromatic rings. The lowest BCUT2D eigenvalue weighted by Gasteiger charge is -2.19. The number of hydrogen-bond acceptors (Lipinski definition) is 1. The van der Waals surface area contributed by atoms with Crippen molar-refractivity contribution in [3.8, 4) is 0 Å². The number of halogens is 1. The molecule has 0 bridgehead atoms. The van der Waals surface area contributed by atoms with Crippen LogP contribution < -0.4 is 5.32 Å². The van der Waals surface area contributed by atoms with Crippen LogP contribution in [0.3, 0.4) is 0 Å². The maximum absolute atomic E-state index is 3.62. The summed E-state index contributed by atoms with van der Waals surface area (Å²) >= 11 is 2.34. The van der Waals surface area contributed by atoms with Crippen LogP contribution in [0.15, 0.2) is 54.6 Å². The normalized spacial score (nSPS) is 12.3. The van der Waals surface area contributed by atoms with Crippen molar-refractivity contribution in [2.24, 2.45) is 0 Å². The van der Waals surface area contributed by atoms with Crippen LogP contribution in [0.2, 0.25) is 0 Å².